The van der Waals surface area contributed by atoms with Crippen LogP contribution in [-0.4, -0.2) is 52.5 Å². The summed E-state index contributed by atoms with van der Waals surface area (Å²) in [6.07, 6.45) is 1.78. The van der Waals surface area contributed by atoms with Crippen molar-refractivity contribution in [3.8, 4) is 0 Å². The average molecular weight is 346 g/mol. The Morgan fingerprint density at radius 1 is 1.70 bits per heavy atom. The Morgan fingerprint density at radius 3 is 2.91 bits per heavy atom. The highest BCUT2D eigenvalue weighted by Gasteiger charge is 2.36. The third-order valence-electron chi connectivity index (χ3n) is 3.86. The van der Waals surface area contributed by atoms with Crippen molar-refractivity contribution in [2.75, 3.05) is 18.1 Å². The molecule has 0 aromatic carbocycles. The molecule has 1 amide bonds. The lowest BCUT2D eigenvalue weighted by Gasteiger charge is -2.35. The van der Waals surface area contributed by atoms with Gasteiger partial charge in [-0.15, -0.1) is 0 Å². The highest BCUT2D eigenvalue weighted by atomic mass is 35.5. The molecule has 0 radical (unpaired) electrons. The van der Waals surface area contributed by atoms with E-state index >= 15 is 0 Å². The standard InChI is InChI=1S/C15H21ClFN3O3/c1-15(2,22)12(17)7-20(9-5-13(16)23-8-9)11-3-4-19-6-10(11)14(18)21/h3-4,6,9,12-13,22H,5,7-8H2,1-2H3,(H2,18,21)/t9-,12-,13?/m1/s1. The van der Waals surface area contributed by atoms with E-state index in [1.54, 1.807) is 11.0 Å². The quantitative estimate of drug-likeness (QED) is 0.762. The van der Waals surface area contributed by atoms with Crippen LogP contribution < -0.4 is 10.6 Å². The Bertz CT molecular complexity index is 567. The van der Waals surface area contributed by atoms with E-state index in [2.05, 4.69) is 4.98 Å². The minimum absolute atomic E-state index is 0.120. The van der Waals surface area contributed by atoms with Crippen LogP contribution in [0.1, 0.15) is 30.6 Å². The number of hydrogen-bond donors (Lipinski definition) is 2. The Hall–Kier alpha value is -1.44. The molecule has 1 saturated heterocycles. The van der Waals surface area contributed by atoms with Crippen LogP contribution in [0.3, 0.4) is 0 Å². The predicted octanol–water partition coefficient (Wildman–Crippen LogP) is 1.45. The average Bonchev–Trinajstić information content (AvgIpc) is 2.89. The van der Waals surface area contributed by atoms with E-state index in [1.165, 1.54) is 26.2 Å². The van der Waals surface area contributed by atoms with E-state index in [0.717, 1.165) is 0 Å². The van der Waals surface area contributed by atoms with Crippen LogP contribution in [0, 0.1) is 0 Å². The first-order valence-electron chi connectivity index (χ1n) is 7.32. The Balaban J connectivity index is 2.36. The molecular formula is C15H21ClFN3O3. The molecule has 0 aliphatic carbocycles. The van der Waals surface area contributed by atoms with Gasteiger partial charge in [0.1, 0.15) is 11.7 Å². The number of rotatable bonds is 6. The second kappa shape index (κ2) is 6.98. The molecule has 2 heterocycles. The van der Waals surface area contributed by atoms with Gasteiger partial charge in [-0.25, -0.2) is 4.39 Å². The minimum Gasteiger partial charge on any atom is -0.387 e. The third-order valence-corrected chi connectivity index (χ3v) is 4.17. The van der Waals surface area contributed by atoms with Gasteiger partial charge in [-0.05, 0) is 19.9 Å². The van der Waals surface area contributed by atoms with E-state index in [0.29, 0.717) is 18.7 Å². The molecule has 1 aromatic rings. The van der Waals surface area contributed by atoms with Crippen molar-refractivity contribution in [3.63, 3.8) is 0 Å². The van der Waals surface area contributed by atoms with Crippen molar-refractivity contribution in [1.29, 1.82) is 0 Å². The number of alkyl halides is 2. The second-order valence-corrected chi connectivity index (χ2v) is 6.65. The van der Waals surface area contributed by atoms with Crippen molar-refractivity contribution < 1.29 is 19.0 Å². The van der Waals surface area contributed by atoms with Crippen molar-refractivity contribution in [2.24, 2.45) is 5.73 Å². The predicted molar refractivity (Wildman–Crippen MR) is 85.3 cm³/mol. The summed E-state index contributed by atoms with van der Waals surface area (Å²) in [4.78, 5) is 17.2. The minimum atomic E-state index is -1.54. The summed E-state index contributed by atoms with van der Waals surface area (Å²) >= 11 is 5.97. The largest absolute Gasteiger partial charge is 0.387 e. The number of carbonyl (C=O) groups is 1. The lowest BCUT2D eigenvalue weighted by Crippen LogP contribution is -2.47. The van der Waals surface area contributed by atoms with Gasteiger partial charge in [-0.3, -0.25) is 9.78 Å². The first-order chi connectivity index (χ1) is 10.7. The number of nitrogens with two attached hydrogens (primary N) is 1. The molecule has 0 spiro atoms. The van der Waals surface area contributed by atoms with Crippen molar-refractivity contribution in [1.82, 2.24) is 4.98 Å². The second-order valence-electron chi connectivity index (χ2n) is 6.16. The SMILES string of the molecule is CC(C)(O)[C@H](F)CN(c1ccncc1C(N)=O)[C@H]1COC(Cl)C1. The monoisotopic (exact) mass is 345 g/mol. The topological polar surface area (TPSA) is 88.7 Å². The van der Waals surface area contributed by atoms with Gasteiger partial charge in [0.25, 0.3) is 5.91 Å². The van der Waals surface area contributed by atoms with Gasteiger partial charge < -0.3 is 20.5 Å². The third kappa shape index (κ3) is 4.31. The number of amides is 1. The van der Waals surface area contributed by atoms with E-state index in [1.807, 2.05) is 0 Å². The maximum atomic E-state index is 14.4. The Morgan fingerprint density at radius 2 is 2.39 bits per heavy atom. The zero-order chi connectivity index (χ0) is 17.2. The summed E-state index contributed by atoms with van der Waals surface area (Å²) in [5.74, 6) is -0.655. The zero-order valence-electron chi connectivity index (χ0n) is 13.1. The Kier molecular flexibility index (Phi) is 5.44. The van der Waals surface area contributed by atoms with Gasteiger partial charge >= 0.3 is 0 Å². The maximum Gasteiger partial charge on any atom is 0.252 e. The first kappa shape index (κ1) is 17.9. The molecule has 1 aliphatic rings. The number of aromatic nitrogens is 1. The molecule has 3 N–H and O–H groups in total. The van der Waals surface area contributed by atoms with Gasteiger partial charge in [0.2, 0.25) is 0 Å². The van der Waals surface area contributed by atoms with Crippen LogP contribution >= 0.6 is 11.6 Å². The summed E-state index contributed by atoms with van der Waals surface area (Å²) in [6.45, 7) is 2.97. The van der Waals surface area contributed by atoms with Crippen LogP contribution in [0.15, 0.2) is 18.5 Å². The smallest absolute Gasteiger partial charge is 0.252 e. The van der Waals surface area contributed by atoms with E-state index in [-0.39, 0.29) is 18.2 Å². The summed E-state index contributed by atoms with van der Waals surface area (Å²) in [5.41, 5.74) is 4.05. The summed E-state index contributed by atoms with van der Waals surface area (Å²) in [5, 5.41) is 9.89. The van der Waals surface area contributed by atoms with Gasteiger partial charge in [-0.2, -0.15) is 0 Å². The molecule has 1 unspecified atom stereocenters. The van der Waals surface area contributed by atoms with Gasteiger partial charge in [-0.1, -0.05) is 11.6 Å². The van der Waals surface area contributed by atoms with Crippen LogP contribution in [0.5, 0.6) is 0 Å². The van der Waals surface area contributed by atoms with Gasteiger partial charge in [0.15, 0.2) is 0 Å². The number of carbonyl (C=O) groups excluding carboxylic acids is 1. The highest BCUT2D eigenvalue weighted by Crippen LogP contribution is 2.30. The molecule has 6 nitrogen and oxygen atoms in total. The fraction of sp³-hybridized carbons (Fsp3) is 0.600. The molecular weight excluding hydrogens is 325 g/mol. The summed E-state index contributed by atoms with van der Waals surface area (Å²) in [6, 6.07) is 1.37. The molecule has 1 aromatic heterocycles. The van der Waals surface area contributed by atoms with Crippen molar-refractivity contribution in [2.45, 2.75) is 43.6 Å². The van der Waals surface area contributed by atoms with Crippen molar-refractivity contribution >= 4 is 23.2 Å². The number of pyridine rings is 1. The van der Waals surface area contributed by atoms with E-state index < -0.39 is 23.2 Å². The van der Waals surface area contributed by atoms with Crippen LogP contribution in [0.25, 0.3) is 0 Å². The molecule has 128 valence electrons. The highest BCUT2D eigenvalue weighted by molar-refractivity contribution is 6.19. The number of anilines is 1. The summed E-state index contributed by atoms with van der Waals surface area (Å²) < 4.78 is 19.8. The molecule has 0 saturated carbocycles. The molecule has 3 atom stereocenters. The summed E-state index contributed by atoms with van der Waals surface area (Å²) in [7, 11) is 0. The Labute approximate surface area is 139 Å². The molecule has 1 fully saturated rings. The molecule has 23 heavy (non-hydrogen) atoms. The number of primary amides is 1. The zero-order valence-corrected chi connectivity index (χ0v) is 13.8. The fourth-order valence-electron chi connectivity index (χ4n) is 2.45. The molecule has 2 rings (SSSR count). The van der Waals surface area contributed by atoms with Crippen LogP contribution in [-0.2, 0) is 4.74 Å². The first-order valence-corrected chi connectivity index (χ1v) is 7.76. The van der Waals surface area contributed by atoms with E-state index in [9.17, 15) is 14.3 Å². The van der Waals surface area contributed by atoms with Crippen LogP contribution in [0.2, 0.25) is 0 Å². The van der Waals surface area contributed by atoms with E-state index in [4.69, 9.17) is 22.1 Å². The molecule has 8 heteroatoms. The van der Waals surface area contributed by atoms with Gasteiger partial charge in [0, 0.05) is 18.8 Å². The fourth-order valence-corrected chi connectivity index (χ4v) is 2.73. The number of ether oxygens (including phenoxy) is 1. The van der Waals surface area contributed by atoms with Crippen LogP contribution in [0.4, 0.5) is 10.1 Å². The lowest BCUT2D eigenvalue weighted by molar-refractivity contribution is -0.000214. The maximum absolute atomic E-state index is 14.4. The lowest BCUT2D eigenvalue weighted by atomic mass is 10.0. The number of halogens is 2. The molecule has 1 aliphatic heterocycles. The number of aliphatic hydroxyl groups is 1. The van der Waals surface area contributed by atoms with Crippen molar-refractivity contribution in [3.05, 3.63) is 24.0 Å². The van der Waals surface area contributed by atoms with Gasteiger partial charge in [0.05, 0.1) is 36.0 Å². The molecule has 0 bridgehead atoms. The number of nitrogens with zero attached hydrogens (tertiary/aromatic N) is 2. The normalized spacial score (nSPS) is 22.8. The number of hydrogen-bond acceptors (Lipinski definition) is 5.